The minimum Gasteiger partial charge on any atom is -0.497 e. The second kappa shape index (κ2) is 6.39. The van der Waals surface area contributed by atoms with Crippen LogP contribution in [0.3, 0.4) is 0 Å². The van der Waals surface area contributed by atoms with E-state index in [4.69, 9.17) is 4.74 Å². The highest BCUT2D eigenvalue weighted by molar-refractivity contribution is 5.66. The molecule has 0 fully saturated rings. The van der Waals surface area contributed by atoms with Crippen molar-refractivity contribution in [2.75, 3.05) is 24.8 Å². The van der Waals surface area contributed by atoms with Crippen molar-refractivity contribution in [3.05, 3.63) is 35.9 Å². The first-order valence-corrected chi connectivity index (χ1v) is 6.70. The van der Waals surface area contributed by atoms with Crippen LogP contribution in [0.2, 0.25) is 0 Å². The highest BCUT2D eigenvalue weighted by atomic mass is 19.1. The summed E-state index contributed by atoms with van der Waals surface area (Å²) in [4.78, 5) is 8.43. The molecule has 2 rings (SSSR count). The van der Waals surface area contributed by atoms with Crippen LogP contribution >= 0.6 is 0 Å². The van der Waals surface area contributed by atoms with Crippen LogP contribution in [0.25, 0.3) is 0 Å². The molecule has 2 N–H and O–H groups in total. The van der Waals surface area contributed by atoms with Crippen LogP contribution in [0.4, 0.5) is 21.7 Å². The monoisotopic (exact) mass is 290 g/mol. The van der Waals surface area contributed by atoms with E-state index < -0.39 is 0 Å². The second-order valence-electron chi connectivity index (χ2n) is 4.86. The Bertz CT molecular complexity index is 631. The lowest BCUT2D eigenvalue weighted by atomic mass is 10.0. The number of rotatable bonds is 5. The topological polar surface area (TPSA) is 59.1 Å². The molecule has 0 saturated heterocycles. The van der Waals surface area contributed by atoms with Crippen LogP contribution in [0.5, 0.6) is 5.75 Å². The molecule has 1 heterocycles. The lowest BCUT2D eigenvalue weighted by Crippen LogP contribution is -2.07. The van der Waals surface area contributed by atoms with Gasteiger partial charge in [-0.1, -0.05) is 13.8 Å². The first-order chi connectivity index (χ1) is 10.1. The van der Waals surface area contributed by atoms with E-state index >= 15 is 0 Å². The number of benzene rings is 1. The third-order valence-electron chi connectivity index (χ3n) is 3.12. The minimum absolute atomic E-state index is 0.185. The molecule has 0 aliphatic carbocycles. The highest BCUT2D eigenvalue weighted by Crippen LogP contribution is 2.31. The van der Waals surface area contributed by atoms with Gasteiger partial charge in [0.05, 0.1) is 12.8 Å². The van der Waals surface area contributed by atoms with E-state index in [0.717, 1.165) is 11.4 Å². The summed E-state index contributed by atoms with van der Waals surface area (Å²) in [6.07, 6.45) is 1.44. The summed E-state index contributed by atoms with van der Waals surface area (Å²) in [6, 6.07) is 4.53. The van der Waals surface area contributed by atoms with Gasteiger partial charge in [-0.05, 0) is 18.1 Å². The first-order valence-electron chi connectivity index (χ1n) is 6.70. The summed E-state index contributed by atoms with van der Waals surface area (Å²) < 4.78 is 19.0. The quantitative estimate of drug-likeness (QED) is 0.882. The zero-order chi connectivity index (χ0) is 15.4. The van der Waals surface area contributed by atoms with Gasteiger partial charge in [0.2, 0.25) is 0 Å². The molecule has 0 unspecified atom stereocenters. The Labute approximate surface area is 123 Å². The summed E-state index contributed by atoms with van der Waals surface area (Å²) in [6.45, 7) is 4.07. The van der Waals surface area contributed by atoms with Gasteiger partial charge in [0, 0.05) is 18.7 Å². The molecule has 0 amide bonds. The molecule has 0 radical (unpaired) electrons. The van der Waals surface area contributed by atoms with Crippen molar-refractivity contribution in [1.29, 1.82) is 0 Å². The maximum Gasteiger partial charge on any atom is 0.146 e. The summed E-state index contributed by atoms with van der Waals surface area (Å²) in [5.74, 6) is 1.70. The number of aromatic nitrogens is 2. The molecule has 0 aliphatic rings. The van der Waals surface area contributed by atoms with Crippen molar-refractivity contribution >= 4 is 17.3 Å². The summed E-state index contributed by atoms with van der Waals surface area (Å²) in [5, 5.41) is 6.06. The Kier molecular flexibility index (Phi) is 4.57. The third kappa shape index (κ3) is 3.21. The van der Waals surface area contributed by atoms with Crippen molar-refractivity contribution in [2.45, 2.75) is 19.8 Å². The lowest BCUT2D eigenvalue weighted by molar-refractivity contribution is 0.414. The van der Waals surface area contributed by atoms with E-state index in [0.29, 0.717) is 17.3 Å². The SMILES string of the molecule is CNc1ncnc(Nc2cc(OC)ccc2F)c1C(C)C. The Morgan fingerprint density at radius 3 is 2.52 bits per heavy atom. The van der Waals surface area contributed by atoms with Gasteiger partial charge in [0.25, 0.3) is 0 Å². The maximum absolute atomic E-state index is 13.9. The normalized spacial score (nSPS) is 10.6. The van der Waals surface area contributed by atoms with Crippen molar-refractivity contribution in [3.8, 4) is 5.75 Å². The number of nitrogens with zero attached hydrogens (tertiary/aromatic N) is 2. The van der Waals surface area contributed by atoms with E-state index in [2.05, 4.69) is 20.6 Å². The van der Waals surface area contributed by atoms with E-state index in [9.17, 15) is 4.39 Å². The Morgan fingerprint density at radius 1 is 1.19 bits per heavy atom. The Morgan fingerprint density at radius 2 is 1.90 bits per heavy atom. The van der Waals surface area contributed by atoms with Crippen LogP contribution in [-0.2, 0) is 0 Å². The van der Waals surface area contributed by atoms with Crippen molar-refractivity contribution in [2.24, 2.45) is 0 Å². The summed E-state index contributed by atoms with van der Waals surface area (Å²) in [7, 11) is 3.34. The van der Waals surface area contributed by atoms with Gasteiger partial charge in [-0.15, -0.1) is 0 Å². The van der Waals surface area contributed by atoms with Crippen LogP contribution in [0.1, 0.15) is 25.3 Å². The number of anilines is 3. The molecule has 112 valence electrons. The van der Waals surface area contributed by atoms with Gasteiger partial charge in [-0.25, -0.2) is 14.4 Å². The molecule has 6 heteroatoms. The van der Waals surface area contributed by atoms with Gasteiger partial charge < -0.3 is 15.4 Å². The average Bonchev–Trinajstić information content (AvgIpc) is 2.48. The van der Waals surface area contributed by atoms with Crippen LogP contribution in [-0.4, -0.2) is 24.1 Å². The van der Waals surface area contributed by atoms with Gasteiger partial charge in [0.1, 0.15) is 29.5 Å². The molecule has 1 aromatic carbocycles. The Balaban J connectivity index is 2.44. The fourth-order valence-electron chi connectivity index (χ4n) is 2.10. The number of hydrogen-bond donors (Lipinski definition) is 2. The van der Waals surface area contributed by atoms with Gasteiger partial charge in [-0.3, -0.25) is 0 Å². The zero-order valence-electron chi connectivity index (χ0n) is 12.6. The van der Waals surface area contributed by atoms with Crippen molar-refractivity contribution < 1.29 is 9.13 Å². The number of methoxy groups -OCH3 is 1. The van der Waals surface area contributed by atoms with Gasteiger partial charge >= 0.3 is 0 Å². The van der Waals surface area contributed by atoms with Crippen molar-refractivity contribution in [1.82, 2.24) is 9.97 Å². The highest BCUT2D eigenvalue weighted by Gasteiger charge is 2.15. The zero-order valence-corrected chi connectivity index (χ0v) is 12.6. The predicted molar refractivity (Wildman–Crippen MR) is 81.9 cm³/mol. The maximum atomic E-state index is 13.9. The Hall–Kier alpha value is -2.37. The fourth-order valence-corrected chi connectivity index (χ4v) is 2.10. The van der Waals surface area contributed by atoms with Crippen LogP contribution in [0, 0.1) is 5.82 Å². The van der Waals surface area contributed by atoms with E-state index in [1.165, 1.54) is 12.4 Å². The number of ether oxygens (including phenoxy) is 1. The smallest absolute Gasteiger partial charge is 0.146 e. The molecule has 1 aromatic heterocycles. The standard InChI is InChI=1S/C15H19FN4O/c1-9(2)13-14(17-3)18-8-19-15(13)20-12-7-10(21-4)5-6-11(12)16/h5-9H,1-4H3,(H2,17,18,19,20). The third-order valence-corrected chi connectivity index (χ3v) is 3.12. The molecule has 5 nitrogen and oxygen atoms in total. The van der Waals surface area contributed by atoms with E-state index in [-0.39, 0.29) is 11.7 Å². The van der Waals surface area contributed by atoms with Crippen LogP contribution in [0.15, 0.2) is 24.5 Å². The average molecular weight is 290 g/mol. The van der Waals surface area contributed by atoms with Gasteiger partial charge in [-0.2, -0.15) is 0 Å². The second-order valence-corrected chi connectivity index (χ2v) is 4.86. The van der Waals surface area contributed by atoms with Crippen LogP contribution < -0.4 is 15.4 Å². The predicted octanol–water partition coefficient (Wildman–Crippen LogP) is 3.53. The molecular weight excluding hydrogens is 271 g/mol. The fraction of sp³-hybridized carbons (Fsp3) is 0.333. The lowest BCUT2D eigenvalue weighted by Gasteiger charge is -2.17. The minimum atomic E-state index is -0.366. The largest absolute Gasteiger partial charge is 0.497 e. The van der Waals surface area contributed by atoms with Crippen molar-refractivity contribution in [3.63, 3.8) is 0 Å². The molecule has 21 heavy (non-hydrogen) atoms. The first kappa shape index (κ1) is 15.0. The molecular formula is C15H19FN4O. The van der Waals surface area contributed by atoms with E-state index in [1.54, 1.807) is 26.3 Å². The van der Waals surface area contributed by atoms with Gasteiger partial charge in [0.15, 0.2) is 0 Å². The van der Waals surface area contributed by atoms with E-state index in [1.807, 2.05) is 13.8 Å². The molecule has 0 bridgehead atoms. The number of nitrogens with one attached hydrogen (secondary N) is 2. The summed E-state index contributed by atoms with van der Waals surface area (Å²) in [5.41, 5.74) is 1.22. The molecule has 2 aromatic rings. The summed E-state index contributed by atoms with van der Waals surface area (Å²) >= 11 is 0. The molecule has 0 aliphatic heterocycles. The molecule has 0 atom stereocenters. The number of hydrogen-bond acceptors (Lipinski definition) is 5. The number of halogens is 1. The molecule has 0 spiro atoms. The molecule has 0 saturated carbocycles.